The number of nitrogens with one attached hydrogen (secondary N) is 1. The average Bonchev–Trinajstić information content (AvgIpc) is 3.09. The molecule has 1 heterocycles. The van der Waals surface area contributed by atoms with E-state index in [1.54, 1.807) is 0 Å². The second kappa shape index (κ2) is 9.77. The van der Waals surface area contributed by atoms with E-state index in [1.807, 2.05) is 38.1 Å². The standard InChI is InChI=1S/C27H31AsBrNO2/c1-17-25(26(31)32-18(2)20-10-12-22(29)13-11-20)23-15-19(9-14-24(23)30-17)16-27(3,28)21-7-5-4-6-8-21/h9-15,18,21,30H,4-8,16H2,1-3H3. The van der Waals surface area contributed by atoms with E-state index in [0.29, 0.717) is 5.56 Å². The number of carbonyl (C=O) groups is 1. The zero-order valence-corrected chi connectivity index (χ0v) is 22.5. The quantitative estimate of drug-likeness (QED) is 0.251. The molecule has 2 aromatic carbocycles. The normalized spacial score (nSPS) is 17.8. The van der Waals surface area contributed by atoms with Crippen LogP contribution in [0.1, 0.15) is 79.2 Å². The van der Waals surface area contributed by atoms with Gasteiger partial charge < -0.3 is 0 Å². The maximum atomic E-state index is 13.2. The number of rotatable bonds is 6. The number of halogens is 1. The summed E-state index contributed by atoms with van der Waals surface area (Å²) in [6.07, 6.45) is 7.40. The van der Waals surface area contributed by atoms with Crippen LogP contribution in [0.2, 0.25) is 4.20 Å². The zero-order valence-electron chi connectivity index (χ0n) is 19.1. The fraction of sp³-hybridized carbons (Fsp3) is 0.444. The van der Waals surface area contributed by atoms with Crippen LogP contribution in [0.4, 0.5) is 0 Å². The first-order chi connectivity index (χ1) is 15.2. The number of carbonyl (C=O) groups excluding carboxylic acids is 1. The molecule has 2 unspecified atom stereocenters. The first kappa shape index (κ1) is 23.6. The van der Waals surface area contributed by atoms with Crippen LogP contribution in [0, 0.1) is 12.8 Å². The van der Waals surface area contributed by atoms with E-state index in [-0.39, 0.29) is 16.3 Å². The van der Waals surface area contributed by atoms with Crippen LogP contribution in [-0.4, -0.2) is 27.8 Å². The molecule has 1 aliphatic rings. The fourth-order valence-corrected chi connectivity index (χ4v) is 6.24. The predicted molar refractivity (Wildman–Crippen MR) is 135 cm³/mol. The summed E-state index contributed by atoms with van der Waals surface area (Å²) in [7, 11) is 0. The van der Waals surface area contributed by atoms with Gasteiger partial charge in [-0.05, 0) is 0 Å². The molecule has 1 aromatic heterocycles. The van der Waals surface area contributed by atoms with Gasteiger partial charge in [0, 0.05) is 4.47 Å². The van der Waals surface area contributed by atoms with E-state index in [2.05, 4.69) is 62.9 Å². The summed E-state index contributed by atoms with van der Waals surface area (Å²) in [6.45, 7) is 6.25. The van der Waals surface area contributed by atoms with E-state index in [1.165, 1.54) is 37.7 Å². The summed E-state index contributed by atoms with van der Waals surface area (Å²) < 4.78 is 7.07. The Hall–Kier alpha value is -1.51. The predicted octanol–water partition coefficient (Wildman–Crippen LogP) is 7.63. The Morgan fingerprint density at radius 2 is 1.88 bits per heavy atom. The van der Waals surface area contributed by atoms with Crippen LogP contribution in [-0.2, 0) is 11.2 Å². The van der Waals surface area contributed by atoms with Gasteiger partial charge in [0.05, 0.1) is 0 Å². The van der Waals surface area contributed by atoms with Gasteiger partial charge in [-0.1, -0.05) is 15.9 Å². The van der Waals surface area contributed by atoms with Crippen molar-refractivity contribution in [1.82, 2.24) is 4.98 Å². The van der Waals surface area contributed by atoms with Crippen molar-refractivity contribution in [2.75, 3.05) is 0 Å². The number of fused-ring (bicyclic) bond motifs is 1. The van der Waals surface area contributed by atoms with Gasteiger partial charge in [0.1, 0.15) is 0 Å². The summed E-state index contributed by atoms with van der Waals surface area (Å²) in [6, 6.07) is 14.4. The van der Waals surface area contributed by atoms with Crippen molar-refractivity contribution >= 4 is 49.7 Å². The second-order valence-corrected chi connectivity index (χ2v) is 12.5. The molecule has 1 fully saturated rings. The molecule has 2 radical (unpaired) electrons. The molecule has 32 heavy (non-hydrogen) atoms. The third-order valence-electron chi connectivity index (χ3n) is 6.92. The molecule has 0 amide bonds. The van der Waals surface area contributed by atoms with Crippen LogP contribution in [0.5, 0.6) is 0 Å². The van der Waals surface area contributed by atoms with Gasteiger partial charge in [0.25, 0.3) is 0 Å². The first-order valence-corrected chi connectivity index (χ1v) is 13.3. The van der Waals surface area contributed by atoms with Crippen molar-refractivity contribution in [3.8, 4) is 0 Å². The second-order valence-electron chi connectivity index (χ2n) is 9.47. The molecule has 3 nitrogen and oxygen atoms in total. The molecule has 1 aliphatic carbocycles. The van der Waals surface area contributed by atoms with Gasteiger partial charge >= 0.3 is 189 Å². The topological polar surface area (TPSA) is 42.1 Å². The summed E-state index contributed by atoms with van der Waals surface area (Å²) in [4.78, 5) is 16.6. The molecule has 0 spiro atoms. The average molecular weight is 556 g/mol. The van der Waals surface area contributed by atoms with Crippen LogP contribution < -0.4 is 0 Å². The van der Waals surface area contributed by atoms with Crippen LogP contribution >= 0.6 is 15.9 Å². The number of aromatic amines is 1. The Kier molecular flexibility index (Phi) is 7.22. The molecular weight excluding hydrogens is 525 g/mol. The van der Waals surface area contributed by atoms with E-state index in [9.17, 15) is 4.79 Å². The van der Waals surface area contributed by atoms with Gasteiger partial charge in [-0.2, -0.15) is 0 Å². The number of aromatic nitrogens is 1. The minimum absolute atomic E-state index is 0.198. The molecule has 0 bridgehead atoms. The zero-order chi connectivity index (χ0) is 22.9. The van der Waals surface area contributed by atoms with Gasteiger partial charge in [-0.25, -0.2) is 0 Å². The number of hydrogen-bond acceptors (Lipinski definition) is 2. The molecule has 0 saturated heterocycles. The Morgan fingerprint density at radius 3 is 2.56 bits per heavy atom. The van der Waals surface area contributed by atoms with E-state index in [0.717, 1.165) is 39.0 Å². The molecule has 1 saturated carbocycles. The molecule has 2 atom stereocenters. The van der Waals surface area contributed by atoms with Crippen molar-refractivity contribution in [1.29, 1.82) is 0 Å². The molecule has 3 aromatic rings. The van der Waals surface area contributed by atoms with Gasteiger partial charge in [-0.3, -0.25) is 0 Å². The summed E-state index contributed by atoms with van der Waals surface area (Å²) in [5.41, 5.74) is 4.75. The van der Waals surface area contributed by atoms with Gasteiger partial charge in [-0.15, -0.1) is 0 Å². The third-order valence-corrected chi connectivity index (χ3v) is 8.55. The monoisotopic (exact) mass is 555 g/mol. The molecule has 0 aliphatic heterocycles. The Morgan fingerprint density at radius 1 is 1.19 bits per heavy atom. The van der Waals surface area contributed by atoms with Crippen molar-refractivity contribution in [2.45, 2.75) is 69.6 Å². The third kappa shape index (κ3) is 5.18. The fourth-order valence-electron chi connectivity index (χ4n) is 5.05. The number of esters is 1. The number of aryl methyl sites for hydroxylation is 1. The Bertz CT molecular complexity index is 1100. The Balaban J connectivity index is 1.57. The molecule has 5 heteroatoms. The van der Waals surface area contributed by atoms with Crippen LogP contribution in [0.15, 0.2) is 46.9 Å². The number of ether oxygens (including phenoxy) is 1. The van der Waals surface area contributed by atoms with Crippen LogP contribution in [0.25, 0.3) is 10.9 Å². The van der Waals surface area contributed by atoms with E-state index < -0.39 is 0 Å². The van der Waals surface area contributed by atoms with Gasteiger partial charge in [0.15, 0.2) is 0 Å². The van der Waals surface area contributed by atoms with Crippen molar-refractivity contribution in [3.63, 3.8) is 0 Å². The molecule has 4 rings (SSSR count). The van der Waals surface area contributed by atoms with Crippen LogP contribution in [0.3, 0.4) is 0 Å². The van der Waals surface area contributed by atoms with Gasteiger partial charge in [0.2, 0.25) is 0 Å². The Labute approximate surface area is 208 Å². The van der Waals surface area contributed by atoms with Crippen molar-refractivity contribution in [2.24, 2.45) is 5.92 Å². The van der Waals surface area contributed by atoms with E-state index >= 15 is 0 Å². The first-order valence-electron chi connectivity index (χ1n) is 11.5. The summed E-state index contributed by atoms with van der Waals surface area (Å²) >= 11 is 6.41. The molecular formula is C27H31AsBrNO2. The van der Waals surface area contributed by atoms with Crippen molar-refractivity contribution in [3.05, 3.63) is 69.3 Å². The number of benzene rings is 2. The van der Waals surface area contributed by atoms with Crippen molar-refractivity contribution < 1.29 is 9.53 Å². The summed E-state index contributed by atoms with van der Waals surface area (Å²) in [5.74, 6) is 0.472. The minimum atomic E-state index is -0.314. The number of hydrogen-bond donors (Lipinski definition) is 1. The molecule has 168 valence electrons. The van der Waals surface area contributed by atoms with E-state index in [4.69, 9.17) is 4.74 Å². The maximum absolute atomic E-state index is 13.2. The summed E-state index contributed by atoms with van der Waals surface area (Å²) in [5, 5.41) is 0.958. The SMILES string of the molecule is Cc1[nH]c2ccc(CC(C)([As])C3CCCCC3)cc2c1C(=O)OC(C)c1ccc(Br)cc1. The molecule has 1 N–H and O–H groups in total. The number of H-pyrrole nitrogens is 1.